The Hall–Kier alpha value is -0.770. The second-order valence-corrected chi connectivity index (χ2v) is 4.76. The summed E-state index contributed by atoms with van der Waals surface area (Å²) in [7, 11) is 0. The topological polar surface area (TPSA) is 58.4 Å². The molecule has 0 aromatic carbocycles. The van der Waals surface area contributed by atoms with Crippen molar-refractivity contribution in [3.05, 3.63) is 0 Å². The molecular weight excluding hydrogens is 202 g/mol. The summed E-state index contributed by atoms with van der Waals surface area (Å²) in [6, 6.07) is 0.0808. The number of likely N-dealkylation sites (tertiary alicyclic amines) is 1. The first-order chi connectivity index (χ1) is 7.67. The van der Waals surface area contributed by atoms with Gasteiger partial charge in [-0.2, -0.15) is 0 Å². The van der Waals surface area contributed by atoms with Crippen LogP contribution in [0.4, 0.5) is 4.79 Å². The van der Waals surface area contributed by atoms with Crippen molar-refractivity contribution in [1.29, 1.82) is 0 Å². The monoisotopic (exact) mass is 227 g/mol. The predicted octanol–water partition coefficient (Wildman–Crippen LogP) is 1.56. The maximum atomic E-state index is 11.8. The third-order valence-electron chi connectivity index (χ3n) is 3.94. The molecule has 0 aromatic rings. The van der Waals surface area contributed by atoms with Gasteiger partial charge in [0.15, 0.2) is 0 Å². The molecule has 0 radical (unpaired) electrons. The minimum absolute atomic E-state index is 0.0788. The van der Waals surface area contributed by atoms with Gasteiger partial charge >= 0.3 is 6.03 Å². The van der Waals surface area contributed by atoms with Crippen molar-refractivity contribution in [3.8, 4) is 0 Å². The summed E-state index contributed by atoms with van der Waals surface area (Å²) in [5.41, 5.74) is 5.88. The van der Waals surface area contributed by atoms with Crippen LogP contribution in [-0.4, -0.2) is 37.1 Å². The molecule has 1 heterocycles. The van der Waals surface area contributed by atoms with Gasteiger partial charge in [0.1, 0.15) is 0 Å². The lowest BCUT2D eigenvalue weighted by atomic mass is 9.82. The number of hydrogen-bond acceptors (Lipinski definition) is 2. The highest BCUT2D eigenvalue weighted by Gasteiger charge is 2.26. The lowest BCUT2D eigenvalue weighted by Crippen LogP contribution is -2.46. The Balaban J connectivity index is 2.39. The van der Waals surface area contributed by atoms with Crippen LogP contribution in [0, 0.1) is 5.41 Å². The molecule has 4 nitrogen and oxygen atoms in total. The van der Waals surface area contributed by atoms with Crippen LogP contribution in [0.2, 0.25) is 0 Å². The first-order valence-electron chi connectivity index (χ1n) is 6.40. The zero-order valence-corrected chi connectivity index (χ0v) is 10.6. The van der Waals surface area contributed by atoms with E-state index in [0.717, 1.165) is 38.8 Å². The number of hydrogen-bond donors (Lipinski definition) is 2. The van der Waals surface area contributed by atoms with E-state index in [9.17, 15) is 4.79 Å². The SMILES string of the molecule is CCC(CC)(CN)CNC(=O)N1CCCC1. The number of nitrogens with one attached hydrogen (secondary N) is 1. The van der Waals surface area contributed by atoms with Crippen LogP contribution in [-0.2, 0) is 0 Å². The van der Waals surface area contributed by atoms with Gasteiger partial charge in [0.2, 0.25) is 0 Å². The van der Waals surface area contributed by atoms with Gasteiger partial charge in [0, 0.05) is 19.6 Å². The lowest BCUT2D eigenvalue weighted by Gasteiger charge is -2.31. The molecule has 1 aliphatic heterocycles. The number of rotatable bonds is 5. The van der Waals surface area contributed by atoms with E-state index in [4.69, 9.17) is 5.73 Å². The first kappa shape index (κ1) is 13.3. The van der Waals surface area contributed by atoms with Crippen molar-refractivity contribution < 1.29 is 4.79 Å². The Kier molecular flexibility index (Phi) is 5.06. The average Bonchev–Trinajstić information content (AvgIpc) is 2.85. The summed E-state index contributed by atoms with van der Waals surface area (Å²) < 4.78 is 0. The summed E-state index contributed by atoms with van der Waals surface area (Å²) in [5.74, 6) is 0. The third-order valence-corrected chi connectivity index (χ3v) is 3.94. The number of amides is 2. The molecule has 1 aliphatic rings. The van der Waals surface area contributed by atoms with Crippen LogP contribution in [0.3, 0.4) is 0 Å². The maximum absolute atomic E-state index is 11.8. The van der Waals surface area contributed by atoms with Crippen LogP contribution in [0.15, 0.2) is 0 Å². The molecule has 0 unspecified atom stereocenters. The van der Waals surface area contributed by atoms with Crippen LogP contribution in [0.25, 0.3) is 0 Å². The van der Waals surface area contributed by atoms with Gasteiger partial charge < -0.3 is 16.0 Å². The van der Waals surface area contributed by atoms with Crippen molar-refractivity contribution in [2.45, 2.75) is 39.5 Å². The predicted molar refractivity (Wildman–Crippen MR) is 66.3 cm³/mol. The highest BCUT2D eigenvalue weighted by atomic mass is 16.2. The number of nitrogens with two attached hydrogens (primary N) is 1. The summed E-state index contributed by atoms with van der Waals surface area (Å²) in [6.07, 6.45) is 4.30. The molecule has 0 aromatic heterocycles. The van der Waals surface area contributed by atoms with E-state index in [1.807, 2.05) is 4.90 Å². The smallest absolute Gasteiger partial charge is 0.317 e. The molecule has 1 saturated heterocycles. The van der Waals surface area contributed by atoms with Crippen molar-refractivity contribution in [3.63, 3.8) is 0 Å². The number of carbonyl (C=O) groups excluding carboxylic acids is 1. The molecule has 0 saturated carbocycles. The van der Waals surface area contributed by atoms with Crippen molar-refractivity contribution in [1.82, 2.24) is 10.2 Å². The highest BCUT2D eigenvalue weighted by Crippen LogP contribution is 2.23. The van der Waals surface area contributed by atoms with Gasteiger partial charge in [-0.15, -0.1) is 0 Å². The molecule has 16 heavy (non-hydrogen) atoms. The number of carbonyl (C=O) groups is 1. The highest BCUT2D eigenvalue weighted by molar-refractivity contribution is 5.74. The summed E-state index contributed by atoms with van der Waals surface area (Å²) >= 11 is 0. The van der Waals surface area contributed by atoms with Crippen LogP contribution in [0.5, 0.6) is 0 Å². The largest absolute Gasteiger partial charge is 0.337 e. The van der Waals surface area contributed by atoms with Gasteiger partial charge in [-0.25, -0.2) is 4.79 Å². The van der Waals surface area contributed by atoms with E-state index in [1.165, 1.54) is 0 Å². The molecule has 4 heteroatoms. The van der Waals surface area contributed by atoms with E-state index in [1.54, 1.807) is 0 Å². The number of urea groups is 1. The molecule has 0 spiro atoms. The summed E-state index contributed by atoms with van der Waals surface area (Å²) in [6.45, 7) is 7.42. The quantitative estimate of drug-likeness (QED) is 0.749. The standard InChI is InChI=1S/C12H25N3O/c1-3-12(4-2,9-13)10-14-11(16)15-7-5-6-8-15/h3-10,13H2,1-2H3,(H,14,16). The summed E-state index contributed by atoms with van der Waals surface area (Å²) in [4.78, 5) is 13.7. The van der Waals surface area contributed by atoms with Gasteiger partial charge in [0.25, 0.3) is 0 Å². The van der Waals surface area contributed by atoms with Crippen LogP contribution in [0.1, 0.15) is 39.5 Å². The molecule has 0 bridgehead atoms. The fraction of sp³-hybridized carbons (Fsp3) is 0.917. The Labute approximate surface area is 98.6 Å². The van der Waals surface area contributed by atoms with Gasteiger partial charge in [-0.05, 0) is 37.6 Å². The van der Waals surface area contributed by atoms with Crippen LogP contribution >= 0.6 is 0 Å². The Bertz CT molecular complexity index is 212. The minimum atomic E-state index is 0.0788. The van der Waals surface area contributed by atoms with E-state index < -0.39 is 0 Å². The molecule has 94 valence electrons. The molecule has 1 rings (SSSR count). The van der Waals surface area contributed by atoms with E-state index in [0.29, 0.717) is 13.1 Å². The van der Waals surface area contributed by atoms with Crippen molar-refractivity contribution in [2.24, 2.45) is 11.1 Å². The normalized spacial score (nSPS) is 16.6. The summed E-state index contributed by atoms with van der Waals surface area (Å²) in [5, 5.41) is 3.03. The minimum Gasteiger partial charge on any atom is -0.337 e. The lowest BCUT2D eigenvalue weighted by molar-refractivity contribution is 0.195. The fourth-order valence-electron chi connectivity index (χ4n) is 2.16. The number of nitrogens with zero attached hydrogens (tertiary/aromatic N) is 1. The second-order valence-electron chi connectivity index (χ2n) is 4.76. The van der Waals surface area contributed by atoms with Gasteiger partial charge in [-0.1, -0.05) is 13.8 Å². The molecule has 1 fully saturated rings. The molecule has 0 aliphatic carbocycles. The van der Waals surface area contributed by atoms with E-state index in [2.05, 4.69) is 19.2 Å². The van der Waals surface area contributed by atoms with Crippen LogP contribution < -0.4 is 11.1 Å². The second kappa shape index (κ2) is 6.09. The Morgan fingerprint density at radius 3 is 2.31 bits per heavy atom. The molecular formula is C12H25N3O. The zero-order valence-electron chi connectivity index (χ0n) is 10.6. The van der Waals surface area contributed by atoms with Gasteiger partial charge in [0.05, 0.1) is 0 Å². The van der Waals surface area contributed by atoms with Crippen molar-refractivity contribution in [2.75, 3.05) is 26.2 Å². The maximum Gasteiger partial charge on any atom is 0.317 e. The Morgan fingerprint density at radius 2 is 1.88 bits per heavy atom. The van der Waals surface area contributed by atoms with E-state index >= 15 is 0 Å². The Morgan fingerprint density at radius 1 is 1.31 bits per heavy atom. The molecule has 3 N–H and O–H groups in total. The molecule has 0 atom stereocenters. The zero-order chi connectivity index (χ0) is 12.0. The fourth-order valence-corrected chi connectivity index (χ4v) is 2.16. The van der Waals surface area contributed by atoms with Crippen molar-refractivity contribution >= 4 is 6.03 Å². The third kappa shape index (κ3) is 3.11. The first-order valence-corrected chi connectivity index (χ1v) is 6.40. The van der Waals surface area contributed by atoms with Gasteiger partial charge in [-0.3, -0.25) is 0 Å². The molecule has 2 amide bonds. The average molecular weight is 227 g/mol. The van der Waals surface area contributed by atoms with E-state index in [-0.39, 0.29) is 11.4 Å².